The summed E-state index contributed by atoms with van der Waals surface area (Å²) in [6.45, 7) is 2.41. The first kappa shape index (κ1) is 13.6. The summed E-state index contributed by atoms with van der Waals surface area (Å²) in [7, 11) is 0. The Labute approximate surface area is 122 Å². The van der Waals surface area contributed by atoms with Crippen LogP contribution in [0, 0.1) is 5.92 Å². The van der Waals surface area contributed by atoms with Crippen LogP contribution in [0.25, 0.3) is 0 Å². The second-order valence-corrected chi connectivity index (χ2v) is 5.34. The summed E-state index contributed by atoms with van der Waals surface area (Å²) in [5.41, 5.74) is -0.00625. The van der Waals surface area contributed by atoms with Gasteiger partial charge < -0.3 is 13.9 Å². The summed E-state index contributed by atoms with van der Waals surface area (Å²) in [5.74, 6) is 0.497. The van der Waals surface area contributed by atoms with Gasteiger partial charge in [-0.2, -0.15) is 0 Å². The molecule has 0 aliphatic carbocycles. The molecule has 3 heterocycles. The summed E-state index contributed by atoms with van der Waals surface area (Å²) < 4.78 is 6.83. The fourth-order valence-electron chi connectivity index (χ4n) is 2.67. The Morgan fingerprint density at radius 2 is 2.14 bits per heavy atom. The van der Waals surface area contributed by atoms with Crippen LogP contribution in [-0.4, -0.2) is 33.4 Å². The third-order valence-corrected chi connectivity index (χ3v) is 3.88. The van der Waals surface area contributed by atoms with Gasteiger partial charge in [-0.3, -0.25) is 4.79 Å². The minimum absolute atomic E-state index is 0.0696. The van der Waals surface area contributed by atoms with Crippen molar-refractivity contribution < 1.29 is 9.21 Å². The largest absolute Gasteiger partial charge is 0.430 e. The smallest absolute Gasteiger partial charge is 0.335 e. The Bertz CT molecular complexity index is 635. The lowest BCUT2D eigenvalue weighted by molar-refractivity contribution is 0.0680. The minimum atomic E-state index is -0.439. The van der Waals surface area contributed by atoms with Gasteiger partial charge in [-0.15, -0.1) is 0 Å². The van der Waals surface area contributed by atoms with Gasteiger partial charge in [-0.05, 0) is 24.8 Å². The average molecular weight is 287 g/mol. The Morgan fingerprint density at radius 3 is 2.76 bits per heavy atom. The van der Waals surface area contributed by atoms with Crippen LogP contribution in [-0.2, 0) is 6.54 Å². The van der Waals surface area contributed by atoms with E-state index >= 15 is 0 Å². The van der Waals surface area contributed by atoms with E-state index in [2.05, 4.69) is 9.55 Å². The molecule has 0 atom stereocenters. The molecule has 21 heavy (non-hydrogen) atoms. The highest BCUT2D eigenvalue weighted by Gasteiger charge is 2.24. The Kier molecular flexibility index (Phi) is 3.85. The molecule has 1 amide bonds. The number of piperidine rings is 1. The third-order valence-electron chi connectivity index (χ3n) is 3.88. The lowest BCUT2D eigenvalue weighted by Crippen LogP contribution is -2.39. The first-order valence-electron chi connectivity index (χ1n) is 7.06. The molecule has 1 aliphatic rings. The van der Waals surface area contributed by atoms with Gasteiger partial charge >= 0.3 is 5.63 Å². The molecule has 0 radical (unpaired) electrons. The molecule has 0 spiro atoms. The van der Waals surface area contributed by atoms with Crippen molar-refractivity contribution in [3.63, 3.8) is 0 Å². The number of carbonyl (C=O) groups is 1. The maximum absolute atomic E-state index is 12.3. The van der Waals surface area contributed by atoms with Crippen LogP contribution in [0.15, 0.2) is 46.3 Å². The summed E-state index contributed by atoms with van der Waals surface area (Å²) in [6, 6.07) is 2.80. The van der Waals surface area contributed by atoms with Gasteiger partial charge in [0, 0.05) is 38.1 Å². The van der Waals surface area contributed by atoms with Crippen molar-refractivity contribution in [3.8, 4) is 0 Å². The third kappa shape index (κ3) is 3.21. The molecule has 0 aromatic carbocycles. The second-order valence-electron chi connectivity index (χ2n) is 5.34. The first-order valence-corrected chi connectivity index (χ1v) is 7.06. The van der Waals surface area contributed by atoms with Gasteiger partial charge in [0.1, 0.15) is 6.26 Å². The zero-order chi connectivity index (χ0) is 14.7. The van der Waals surface area contributed by atoms with Crippen molar-refractivity contribution in [1.82, 2.24) is 14.5 Å². The van der Waals surface area contributed by atoms with Crippen molar-refractivity contribution in [3.05, 3.63) is 53.1 Å². The quantitative estimate of drug-likeness (QED) is 0.855. The standard InChI is InChI=1S/C15H17N3O3/c19-14-2-1-13(10-21-14)15(20)18-6-3-12(4-7-18)9-17-8-5-16-11-17/h1-2,5,8,10-12H,3-4,6-7,9H2. The maximum Gasteiger partial charge on any atom is 0.335 e. The fraction of sp³-hybridized carbons (Fsp3) is 0.400. The highest BCUT2D eigenvalue weighted by Crippen LogP contribution is 2.20. The van der Waals surface area contributed by atoms with Crippen molar-refractivity contribution in [2.45, 2.75) is 19.4 Å². The molecule has 2 aromatic heterocycles. The molecule has 1 aliphatic heterocycles. The zero-order valence-corrected chi connectivity index (χ0v) is 11.6. The highest BCUT2D eigenvalue weighted by atomic mass is 16.4. The van der Waals surface area contributed by atoms with E-state index in [-0.39, 0.29) is 5.91 Å². The molecule has 0 saturated carbocycles. The number of aromatic nitrogens is 2. The molecule has 0 unspecified atom stereocenters. The van der Waals surface area contributed by atoms with E-state index in [0.717, 1.165) is 32.5 Å². The van der Waals surface area contributed by atoms with Gasteiger partial charge in [0.25, 0.3) is 5.91 Å². The molecular formula is C15H17N3O3. The summed E-state index contributed by atoms with van der Waals surface area (Å²) in [6.07, 6.45) is 8.75. The lowest BCUT2D eigenvalue weighted by atomic mass is 9.96. The topological polar surface area (TPSA) is 68.3 Å². The van der Waals surface area contributed by atoms with E-state index in [1.165, 1.54) is 18.4 Å². The molecule has 1 saturated heterocycles. The van der Waals surface area contributed by atoms with Crippen LogP contribution in [0.2, 0.25) is 0 Å². The van der Waals surface area contributed by atoms with Crippen molar-refractivity contribution >= 4 is 5.91 Å². The molecule has 0 bridgehead atoms. The van der Waals surface area contributed by atoms with Crippen LogP contribution in [0.3, 0.4) is 0 Å². The predicted octanol–water partition coefficient (Wildman–Crippen LogP) is 1.39. The highest BCUT2D eigenvalue weighted by molar-refractivity contribution is 5.93. The average Bonchev–Trinajstić information content (AvgIpc) is 3.01. The number of hydrogen-bond donors (Lipinski definition) is 0. The minimum Gasteiger partial charge on any atom is -0.430 e. The van der Waals surface area contributed by atoms with E-state index < -0.39 is 5.63 Å². The number of hydrogen-bond acceptors (Lipinski definition) is 4. The van der Waals surface area contributed by atoms with E-state index in [9.17, 15) is 9.59 Å². The van der Waals surface area contributed by atoms with E-state index in [0.29, 0.717) is 11.5 Å². The van der Waals surface area contributed by atoms with Crippen molar-refractivity contribution in [2.24, 2.45) is 5.92 Å². The molecule has 6 nitrogen and oxygen atoms in total. The Morgan fingerprint density at radius 1 is 1.33 bits per heavy atom. The molecule has 0 N–H and O–H groups in total. The molecule has 3 rings (SSSR count). The first-order chi connectivity index (χ1) is 10.2. The van der Waals surface area contributed by atoms with Gasteiger partial charge in [0.2, 0.25) is 0 Å². The molecular weight excluding hydrogens is 270 g/mol. The molecule has 2 aromatic rings. The number of imidazole rings is 1. The second kappa shape index (κ2) is 5.95. The molecule has 1 fully saturated rings. The van der Waals surface area contributed by atoms with Crippen LogP contribution in [0.1, 0.15) is 23.2 Å². The van der Waals surface area contributed by atoms with Gasteiger partial charge in [0.15, 0.2) is 0 Å². The maximum atomic E-state index is 12.3. The van der Waals surface area contributed by atoms with Gasteiger partial charge in [-0.1, -0.05) is 0 Å². The number of carbonyl (C=O) groups excluding carboxylic acids is 1. The normalized spacial score (nSPS) is 16.1. The number of nitrogens with zero attached hydrogens (tertiary/aromatic N) is 3. The summed E-state index contributed by atoms with van der Waals surface area (Å²) in [4.78, 5) is 29.1. The summed E-state index contributed by atoms with van der Waals surface area (Å²) in [5, 5.41) is 0. The lowest BCUT2D eigenvalue weighted by Gasteiger charge is -2.32. The van der Waals surface area contributed by atoms with Crippen LogP contribution >= 0.6 is 0 Å². The van der Waals surface area contributed by atoms with Gasteiger partial charge in [0.05, 0.1) is 11.9 Å². The van der Waals surface area contributed by atoms with E-state index in [1.807, 2.05) is 17.4 Å². The van der Waals surface area contributed by atoms with E-state index in [1.54, 1.807) is 6.20 Å². The molecule has 110 valence electrons. The fourth-order valence-corrected chi connectivity index (χ4v) is 2.67. The molecule has 6 heteroatoms. The number of amides is 1. The zero-order valence-electron chi connectivity index (χ0n) is 11.6. The Balaban J connectivity index is 1.56. The predicted molar refractivity (Wildman–Crippen MR) is 75.8 cm³/mol. The van der Waals surface area contributed by atoms with Crippen LogP contribution in [0.4, 0.5) is 0 Å². The SMILES string of the molecule is O=C(c1ccc(=O)oc1)N1CCC(Cn2ccnc2)CC1. The number of rotatable bonds is 3. The Hall–Kier alpha value is -2.37. The van der Waals surface area contributed by atoms with Crippen molar-refractivity contribution in [2.75, 3.05) is 13.1 Å². The van der Waals surface area contributed by atoms with Gasteiger partial charge in [-0.25, -0.2) is 9.78 Å². The van der Waals surface area contributed by atoms with Crippen molar-refractivity contribution in [1.29, 1.82) is 0 Å². The van der Waals surface area contributed by atoms with E-state index in [4.69, 9.17) is 4.42 Å². The number of likely N-dealkylation sites (tertiary alicyclic amines) is 1. The van der Waals surface area contributed by atoms with Crippen LogP contribution in [0.5, 0.6) is 0 Å². The summed E-state index contributed by atoms with van der Waals surface area (Å²) >= 11 is 0. The monoisotopic (exact) mass is 287 g/mol. The van der Waals surface area contributed by atoms with Crippen LogP contribution < -0.4 is 5.63 Å².